The van der Waals surface area contributed by atoms with Crippen LogP contribution in [-0.2, 0) is 11.3 Å². The third-order valence-electron chi connectivity index (χ3n) is 4.74. The predicted octanol–water partition coefficient (Wildman–Crippen LogP) is 3.78. The van der Waals surface area contributed by atoms with Crippen LogP contribution in [0.4, 0.5) is 5.69 Å². The Bertz CT molecular complexity index is 1050. The Morgan fingerprint density at radius 2 is 1.83 bits per heavy atom. The van der Waals surface area contributed by atoms with Crippen molar-refractivity contribution in [1.82, 2.24) is 4.98 Å². The molecule has 0 saturated heterocycles. The minimum Gasteiger partial charge on any atom is -0.459 e. The van der Waals surface area contributed by atoms with E-state index in [1.54, 1.807) is 48.8 Å². The van der Waals surface area contributed by atoms with Crippen molar-refractivity contribution >= 4 is 17.6 Å². The number of ether oxygens (including phenoxy) is 1. The number of hydrogen-bond acceptors (Lipinski definition) is 5. The van der Waals surface area contributed by atoms with Gasteiger partial charge in [-0.15, -0.1) is 0 Å². The highest BCUT2D eigenvalue weighted by atomic mass is 16.5. The topological polar surface area (TPSA) is 94.3 Å². The van der Waals surface area contributed by atoms with Gasteiger partial charge in [0.2, 0.25) is 0 Å². The Morgan fingerprint density at radius 3 is 2.55 bits per heavy atom. The summed E-state index contributed by atoms with van der Waals surface area (Å²) in [5.41, 5.74) is 10.1. The fraction of sp³-hybridized carbons (Fsp3) is 0.174. The minimum absolute atomic E-state index is 0.0472. The normalized spacial score (nSPS) is 13.0. The molecule has 1 aromatic heterocycles. The van der Waals surface area contributed by atoms with E-state index >= 15 is 0 Å². The maximum absolute atomic E-state index is 12.7. The third-order valence-corrected chi connectivity index (χ3v) is 4.74. The first-order chi connectivity index (χ1) is 14.1. The standard InChI is InChI=1S/C23H21N3O3/c24-14-18-5-4-16(22(27)26-19-8-10-25-11-9-19)13-21(18)15-2-1-3-17(12-15)23(28)29-20-6-7-20/h1-5,8-13,20H,6-7,14,24H2,(H,25,26,27). The van der Waals surface area contributed by atoms with Crippen molar-refractivity contribution < 1.29 is 14.3 Å². The second-order valence-electron chi connectivity index (χ2n) is 6.95. The van der Waals surface area contributed by atoms with Crippen LogP contribution in [0.15, 0.2) is 67.0 Å². The lowest BCUT2D eigenvalue weighted by atomic mass is 9.95. The van der Waals surface area contributed by atoms with Crippen LogP contribution < -0.4 is 11.1 Å². The zero-order valence-electron chi connectivity index (χ0n) is 15.8. The monoisotopic (exact) mass is 387 g/mol. The fourth-order valence-corrected chi connectivity index (χ4v) is 3.02. The summed E-state index contributed by atoms with van der Waals surface area (Å²) < 4.78 is 5.39. The number of nitrogens with zero attached hydrogens (tertiary/aromatic N) is 1. The number of carbonyl (C=O) groups excluding carboxylic acids is 2. The minimum atomic E-state index is -0.324. The first-order valence-electron chi connectivity index (χ1n) is 9.50. The van der Waals surface area contributed by atoms with E-state index in [1.165, 1.54) is 0 Å². The molecular formula is C23H21N3O3. The number of nitrogens with one attached hydrogen (secondary N) is 1. The molecule has 1 fully saturated rings. The zero-order valence-corrected chi connectivity index (χ0v) is 15.8. The fourth-order valence-electron chi connectivity index (χ4n) is 3.02. The zero-order chi connectivity index (χ0) is 20.2. The molecule has 6 heteroatoms. The van der Waals surface area contributed by atoms with Crippen molar-refractivity contribution in [3.05, 3.63) is 83.7 Å². The molecule has 6 nitrogen and oxygen atoms in total. The first-order valence-corrected chi connectivity index (χ1v) is 9.50. The number of anilines is 1. The van der Waals surface area contributed by atoms with Crippen LogP contribution in [0.1, 0.15) is 39.1 Å². The highest BCUT2D eigenvalue weighted by Gasteiger charge is 2.26. The van der Waals surface area contributed by atoms with Gasteiger partial charge in [0, 0.05) is 30.2 Å². The molecule has 1 aliphatic rings. The predicted molar refractivity (Wildman–Crippen MR) is 110 cm³/mol. The Hall–Kier alpha value is -3.51. The van der Waals surface area contributed by atoms with Crippen molar-refractivity contribution in [2.45, 2.75) is 25.5 Å². The molecule has 0 unspecified atom stereocenters. The maximum atomic E-state index is 12.7. The van der Waals surface area contributed by atoms with E-state index in [4.69, 9.17) is 10.5 Å². The van der Waals surface area contributed by atoms with Crippen LogP contribution in [0.5, 0.6) is 0 Å². The van der Waals surface area contributed by atoms with Gasteiger partial charge >= 0.3 is 5.97 Å². The van der Waals surface area contributed by atoms with E-state index in [1.807, 2.05) is 18.2 Å². The van der Waals surface area contributed by atoms with Crippen LogP contribution in [0.25, 0.3) is 11.1 Å². The molecule has 4 rings (SSSR count). The number of nitrogens with two attached hydrogens (primary N) is 1. The molecule has 0 spiro atoms. The Kier molecular flexibility index (Phi) is 5.35. The number of benzene rings is 2. The van der Waals surface area contributed by atoms with Gasteiger partial charge < -0.3 is 15.8 Å². The lowest BCUT2D eigenvalue weighted by Gasteiger charge is -2.12. The van der Waals surface area contributed by atoms with Gasteiger partial charge in [0.25, 0.3) is 5.91 Å². The SMILES string of the molecule is NCc1ccc(C(=O)Nc2ccncc2)cc1-c1cccc(C(=O)OC2CC2)c1. The second-order valence-corrected chi connectivity index (χ2v) is 6.95. The summed E-state index contributed by atoms with van der Waals surface area (Å²) in [6.07, 6.45) is 5.13. The van der Waals surface area contributed by atoms with Gasteiger partial charge in [0.1, 0.15) is 6.10 Å². The molecule has 0 radical (unpaired) electrons. The summed E-state index contributed by atoms with van der Waals surface area (Å²) in [6.45, 7) is 0.318. The van der Waals surface area contributed by atoms with Crippen molar-refractivity contribution in [3.63, 3.8) is 0 Å². The number of carbonyl (C=O) groups is 2. The summed E-state index contributed by atoms with van der Waals surface area (Å²) >= 11 is 0. The molecule has 1 amide bonds. The molecule has 1 saturated carbocycles. The van der Waals surface area contributed by atoms with Crippen molar-refractivity contribution in [2.75, 3.05) is 5.32 Å². The summed E-state index contributed by atoms with van der Waals surface area (Å²) in [6, 6.07) is 16.0. The number of esters is 1. The average Bonchev–Trinajstić information content (AvgIpc) is 3.58. The van der Waals surface area contributed by atoms with E-state index < -0.39 is 0 Å². The summed E-state index contributed by atoms with van der Waals surface area (Å²) in [5, 5.41) is 2.85. The van der Waals surface area contributed by atoms with Crippen molar-refractivity contribution in [2.24, 2.45) is 5.73 Å². The van der Waals surface area contributed by atoms with Gasteiger partial charge in [-0.1, -0.05) is 18.2 Å². The van der Waals surface area contributed by atoms with Crippen LogP contribution in [0, 0.1) is 0 Å². The Labute approximate surface area is 168 Å². The number of rotatable bonds is 6. The van der Waals surface area contributed by atoms with E-state index in [0.29, 0.717) is 23.4 Å². The second kappa shape index (κ2) is 8.24. The van der Waals surface area contributed by atoms with Gasteiger partial charge in [-0.3, -0.25) is 9.78 Å². The number of pyridine rings is 1. The van der Waals surface area contributed by atoms with Crippen LogP contribution in [-0.4, -0.2) is 23.0 Å². The van der Waals surface area contributed by atoms with Gasteiger partial charge in [-0.25, -0.2) is 4.79 Å². The summed E-state index contributed by atoms with van der Waals surface area (Å²) in [5.74, 6) is -0.555. The molecule has 0 bridgehead atoms. The van der Waals surface area contributed by atoms with Gasteiger partial charge in [-0.05, 0) is 65.9 Å². The Balaban J connectivity index is 1.63. The molecule has 2 aromatic carbocycles. The molecular weight excluding hydrogens is 366 g/mol. The number of amides is 1. The lowest BCUT2D eigenvalue weighted by molar-refractivity contribution is 0.0472. The number of aromatic nitrogens is 1. The molecule has 3 N–H and O–H groups in total. The molecule has 0 aliphatic heterocycles. The maximum Gasteiger partial charge on any atom is 0.338 e. The quantitative estimate of drug-likeness (QED) is 0.628. The molecule has 29 heavy (non-hydrogen) atoms. The third kappa shape index (κ3) is 4.50. The average molecular weight is 387 g/mol. The van der Waals surface area contributed by atoms with Gasteiger partial charge in [0.05, 0.1) is 5.56 Å². The molecule has 3 aromatic rings. The van der Waals surface area contributed by atoms with Crippen molar-refractivity contribution in [1.29, 1.82) is 0 Å². The van der Waals surface area contributed by atoms with E-state index in [0.717, 1.165) is 29.5 Å². The van der Waals surface area contributed by atoms with Crippen LogP contribution >= 0.6 is 0 Å². The smallest absolute Gasteiger partial charge is 0.338 e. The highest BCUT2D eigenvalue weighted by molar-refractivity contribution is 6.05. The highest BCUT2D eigenvalue weighted by Crippen LogP contribution is 2.28. The van der Waals surface area contributed by atoms with E-state index in [-0.39, 0.29) is 18.0 Å². The summed E-state index contributed by atoms with van der Waals surface area (Å²) in [4.78, 5) is 28.9. The lowest BCUT2D eigenvalue weighted by Crippen LogP contribution is -2.13. The van der Waals surface area contributed by atoms with Gasteiger partial charge in [0.15, 0.2) is 0 Å². The first kappa shape index (κ1) is 18.8. The van der Waals surface area contributed by atoms with Crippen LogP contribution in [0.2, 0.25) is 0 Å². The number of hydrogen-bond donors (Lipinski definition) is 2. The molecule has 0 atom stereocenters. The molecule has 1 aliphatic carbocycles. The van der Waals surface area contributed by atoms with E-state index in [9.17, 15) is 9.59 Å². The van der Waals surface area contributed by atoms with E-state index in [2.05, 4.69) is 10.3 Å². The molecule has 1 heterocycles. The summed E-state index contributed by atoms with van der Waals surface area (Å²) in [7, 11) is 0. The Morgan fingerprint density at radius 1 is 1.03 bits per heavy atom. The largest absolute Gasteiger partial charge is 0.459 e. The van der Waals surface area contributed by atoms with Crippen LogP contribution in [0.3, 0.4) is 0 Å². The molecule has 146 valence electrons. The van der Waals surface area contributed by atoms with Gasteiger partial charge in [-0.2, -0.15) is 0 Å². The van der Waals surface area contributed by atoms with Crippen molar-refractivity contribution in [3.8, 4) is 11.1 Å².